The monoisotopic (exact) mass is 464 g/mol. The molecule has 0 unspecified atom stereocenters. The zero-order chi connectivity index (χ0) is 22.5. The molecule has 0 spiro atoms. The van der Waals surface area contributed by atoms with Crippen molar-refractivity contribution in [2.45, 2.75) is 41.9 Å². The minimum Gasteiger partial charge on any atom is -0.343 e. The molecule has 0 bridgehead atoms. The Morgan fingerprint density at radius 1 is 0.697 bits per heavy atom. The van der Waals surface area contributed by atoms with Crippen LogP contribution >= 0.6 is 11.8 Å². The second kappa shape index (κ2) is 10.9. The fourth-order valence-electron chi connectivity index (χ4n) is 5.27. The summed E-state index contributed by atoms with van der Waals surface area (Å²) in [6.07, 6.45) is 5.48. The molecular weight excluding hydrogens is 428 g/mol. The van der Waals surface area contributed by atoms with Crippen LogP contribution < -0.4 is 4.90 Å². The quantitative estimate of drug-likeness (QED) is 0.593. The van der Waals surface area contributed by atoms with Gasteiger partial charge >= 0.3 is 0 Å². The van der Waals surface area contributed by atoms with Crippen molar-refractivity contribution in [1.29, 1.82) is 0 Å². The maximum Gasteiger partial charge on any atom is 0.223 e. The lowest BCUT2D eigenvalue weighted by molar-refractivity contribution is -0.132. The summed E-state index contributed by atoms with van der Waals surface area (Å²) in [6.45, 7) is 9.42. The van der Waals surface area contributed by atoms with E-state index in [4.69, 9.17) is 0 Å². The Bertz CT molecular complexity index is 892. The number of para-hydroxylation sites is 2. The molecule has 0 radical (unpaired) electrons. The van der Waals surface area contributed by atoms with Crippen LogP contribution in [0.25, 0.3) is 0 Å². The van der Waals surface area contributed by atoms with Crippen molar-refractivity contribution >= 4 is 29.0 Å². The molecule has 3 aliphatic heterocycles. The number of hydrogen-bond donors (Lipinski definition) is 0. The topological polar surface area (TPSA) is 30.0 Å². The summed E-state index contributed by atoms with van der Waals surface area (Å²) in [5, 5.41) is 0. The van der Waals surface area contributed by atoms with Gasteiger partial charge in [-0.1, -0.05) is 36.0 Å². The minimum atomic E-state index is 0.359. The number of anilines is 2. The van der Waals surface area contributed by atoms with Crippen LogP contribution in [-0.2, 0) is 4.79 Å². The Hall–Kier alpha value is -2.02. The molecule has 2 saturated heterocycles. The van der Waals surface area contributed by atoms with E-state index in [2.05, 4.69) is 68.1 Å². The molecule has 3 heterocycles. The summed E-state index contributed by atoms with van der Waals surface area (Å²) >= 11 is 1.88. The third-order valence-corrected chi connectivity index (χ3v) is 8.33. The summed E-state index contributed by atoms with van der Waals surface area (Å²) < 4.78 is 0. The van der Waals surface area contributed by atoms with Crippen molar-refractivity contribution in [1.82, 2.24) is 14.7 Å². The van der Waals surface area contributed by atoms with Crippen LogP contribution in [-0.4, -0.2) is 79.5 Å². The first-order valence-corrected chi connectivity index (χ1v) is 13.5. The average molecular weight is 465 g/mol. The molecule has 0 aromatic heterocycles. The number of likely N-dealkylation sites (tertiary alicyclic amines) is 1. The molecule has 0 N–H and O–H groups in total. The SMILES string of the molecule is O=C(CCN1CCN(CCCN2c3ccccc3Sc3ccccc32)CC1)N1CCCCC1. The molecule has 3 aliphatic rings. The molecule has 0 aliphatic carbocycles. The normalized spacial score (nSPS) is 19.3. The minimum absolute atomic E-state index is 0.359. The highest BCUT2D eigenvalue weighted by Crippen LogP contribution is 2.47. The number of rotatable bonds is 7. The maximum atomic E-state index is 12.5. The van der Waals surface area contributed by atoms with Crippen molar-refractivity contribution in [2.24, 2.45) is 0 Å². The van der Waals surface area contributed by atoms with Gasteiger partial charge in [0.1, 0.15) is 0 Å². The van der Waals surface area contributed by atoms with Gasteiger partial charge in [0.25, 0.3) is 0 Å². The number of fused-ring (bicyclic) bond motifs is 2. The van der Waals surface area contributed by atoms with Gasteiger partial charge in [-0.3, -0.25) is 4.79 Å². The molecule has 0 atom stereocenters. The van der Waals surface area contributed by atoms with E-state index >= 15 is 0 Å². The molecule has 6 heteroatoms. The number of piperazine rings is 1. The van der Waals surface area contributed by atoms with Gasteiger partial charge in [0, 0.05) is 68.6 Å². The molecule has 0 saturated carbocycles. The first kappa shape index (κ1) is 22.8. The molecule has 33 heavy (non-hydrogen) atoms. The molecule has 5 rings (SSSR count). The summed E-state index contributed by atoms with van der Waals surface area (Å²) in [6, 6.07) is 17.5. The van der Waals surface area contributed by atoms with E-state index in [1.54, 1.807) is 0 Å². The summed E-state index contributed by atoms with van der Waals surface area (Å²) in [7, 11) is 0. The van der Waals surface area contributed by atoms with Gasteiger partial charge in [-0.2, -0.15) is 0 Å². The largest absolute Gasteiger partial charge is 0.343 e. The van der Waals surface area contributed by atoms with Crippen LogP contribution in [0, 0.1) is 0 Å². The van der Waals surface area contributed by atoms with Crippen molar-refractivity contribution in [2.75, 3.05) is 63.8 Å². The number of carbonyl (C=O) groups is 1. The van der Waals surface area contributed by atoms with Gasteiger partial charge in [-0.25, -0.2) is 0 Å². The summed E-state index contributed by atoms with van der Waals surface area (Å²) in [5.41, 5.74) is 2.67. The summed E-state index contributed by atoms with van der Waals surface area (Å²) in [5.74, 6) is 0.359. The first-order valence-electron chi connectivity index (χ1n) is 12.6. The van der Waals surface area contributed by atoms with E-state index in [0.717, 1.165) is 65.3 Å². The second-order valence-corrected chi connectivity index (χ2v) is 10.5. The maximum absolute atomic E-state index is 12.5. The van der Waals surface area contributed by atoms with E-state index in [0.29, 0.717) is 12.3 Å². The predicted molar refractivity (Wildman–Crippen MR) is 137 cm³/mol. The Balaban J connectivity index is 1.07. The van der Waals surface area contributed by atoms with Gasteiger partial charge in [-0.05, 0) is 56.5 Å². The lowest BCUT2D eigenvalue weighted by atomic mass is 10.1. The van der Waals surface area contributed by atoms with Crippen LogP contribution in [0.5, 0.6) is 0 Å². The number of benzene rings is 2. The summed E-state index contributed by atoms with van der Waals surface area (Å²) in [4.78, 5) is 24.8. The third-order valence-electron chi connectivity index (χ3n) is 7.20. The second-order valence-electron chi connectivity index (χ2n) is 9.42. The van der Waals surface area contributed by atoms with E-state index in [1.165, 1.54) is 40.4 Å². The Morgan fingerprint density at radius 2 is 1.27 bits per heavy atom. The lowest BCUT2D eigenvalue weighted by Crippen LogP contribution is -2.48. The van der Waals surface area contributed by atoms with Crippen LogP contribution in [0.4, 0.5) is 11.4 Å². The van der Waals surface area contributed by atoms with Crippen LogP contribution in [0.2, 0.25) is 0 Å². The highest BCUT2D eigenvalue weighted by molar-refractivity contribution is 7.99. The number of hydrogen-bond acceptors (Lipinski definition) is 5. The van der Waals surface area contributed by atoms with Gasteiger partial charge < -0.3 is 19.6 Å². The molecule has 2 aromatic rings. The Kier molecular flexibility index (Phi) is 7.54. The predicted octanol–water partition coefficient (Wildman–Crippen LogP) is 4.70. The van der Waals surface area contributed by atoms with Crippen LogP contribution in [0.15, 0.2) is 58.3 Å². The van der Waals surface area contributed by atoms with E-state index < -0.39 is 0 Å². The fourth-order valence-corrected chi connectivity index (χ4v) is 6.36. The van der Waals surface area contributed by atoms with Gasteiger partial charge in [0.05, 0.1) is 11.4 Å². The Labute approximate surface area is 202 Å². The molecule has 5 nitrogen and oxygen atoms in total. The Morgan fingerprint density at radius 3 is 1.91 bits per heavy atom. The number of nitrogens with zero attached hydrogens (tertiary/aromatic N) is 4. The molecular formula is C27H36N4OS. The molecule has 1 amide bonds. The third kappa shape index (κ3) is 5.56. The molecule has 2 aromatic carbocycles. The molecule has 176 valence electrons. The number of carbonyl (C=O) groups excluding carboxylic acids is 1. The van der Waals surface area contributed by atoms with Crippen LogP contribution in [0.3, 0.4) is 0 Å². The van der Waals surface area contributed by atoms with Gasteiger partial charge in [0.15, 0.2) is 0 Å². The van der Waals surface area contributed by atoms with Crippen molar-refractivity contribution in [3.8, 4) is 0 Å². The van der Waals surface area contributed by atoms with Gasteiger partial charge in [0.2, 0.25) is 5.91 Å². The zero-order valence-electron chi connectivity index (χ0n) is 19.6. The molecule has 2 fully saturated rings. The fraction of sp³-hybridized carbons (Fsp3) is 0.519. The van der Waals surface area contributed by atoms with Crippen molar-refractivity contribution < 1.29 is 4.79 Å². The number of amides is 1. The highest BCUT2D eigenvalue weighted by Gasteiger charge is 2.24. The van der Waals surface area contributed by atoms with Gasteiger partial charge in [-0.15, -0.1) is 0 Å². The van der Waals surface area contributed by atoms with Crippen molar-refractivity contribution in [3.63, 3.8) is 0 Å². The number of piperidine rings is 1. The average Bonchev–Trinajstić information content (AvgIpc) is 2.88. The van der Waals surface area contributed by atoms with E-state index in [1.807, 2.05) is 11.8 Å². The highest BCUT2D eigenvalue weighted by atomic mass is 32.2. The van der Waals surface area contributed by atoms with E-state index in [-0.39, 0.29) is 0 Å². The standard InChI is InChI=1S/C27H36N4OS/c32-27(30-15-6-1-7-16-30)13-18-29-21-19-28(20-22-29)14-8-17-31-23-9-2-4-11-25(23)33-26-12-5-3-10-24(26)31/h2-5,9-12H,1,6-8,13-22H2. The van der Waals surface area contributed by atoms with Crippen LogP contribution in [0.1, 0.15) is 32.1 Å². The lowest BCUT2D eigenvalue weighted by Gasteiger charge is -2.36. The van der Waals surface area contributed by atoms with Crippen molar-refractivity contribution in [3.05, 3.63) is 48.5 Å². The van der Waals surface area contributed by atoms with E-state index in [9.17, 15) is 4.79 Å². The smallest absolute Gasteiger partial charge is 0.223 e. The zero-order valence-corrected chi connectivity index (χ0v) is 20.4. The first-order chi connectivity index (χ1) is 16.3.